The van der Waals surface area contributed by atoms with Crippen LogP contribution < -0.4 is 0 Å². The quantitative estimate of drug-likeness (QED) is 0.818. The van der Waals surface area contributed by atoms with Gasteiger partial charge in [-0.15, -0.1) is 0 Å². The Morgan fingerprint density at radius 3 is 2.38 bits per heavy atom. The van der Waals surface area contributed by atoms with Gasteiger partial charge in [-0.3, -0.25) is 0 Å². The lowest BCUT2D eigenvalue weighted by Gasteiger charge is -2.33. The molecule has 1 fully saturated rings. The molecule has 7 heteroatoms. The van der Waals surface area contributed by atoms with Crippen LogP contribution >= 0.6 is 0 Å². The molecule has 0 atom stereocenters. The van der Waals surface area contributed by atoms with Crippen LogP contribution in [-0.4, -0.2) is 43.4 Å². The first kappa shape index (κ1) is 18.3. The van der Waals surface area contributed by atoms with Gasteiger partial charge in [0.05, 0.1) is 15.7 Å². The Morgan fingerprint density at radius 1 is 1.25 bits per heavy atom. The van der Waals surface area contributed by atoms with Crippen LogP contribution in [0, 0.1) is 11.3 Å². The number of amides is 1. The maximum atomic E-state index is 12.8. The molecule has 1 aromatic rings. The Bertz CT molecular complexity index is 752. The third-order valence-electron chi connectivity index (χ3n) is 3.85. The number of hydrogen-bond donors (Lipinski definition) is 0. The van der Waals surface area contributed by atoms with Crippen LogP contribution in [0.3, 0.4) is 0 Å². The summed E-state index contributed by atoms with van der Waals surface area (Å²) in [6, 6.07) is 8.16. The third kappa shape index (κ3) is 4.06. The second-order valence-corrected chi connectivity index (χ2v) is 9.02. The van der Waals surface area contributed by atoms with Gasteiger partial charge >= 0.3 is 6.09 Å². The van der Waals surface area contributed by atoms with Crippen LogP contribution in [-0.2, 0) is 14.6 Å². The lowest BCUT2D eigenvalue weighted by molar-refractivity contribution is 0.0217. The number of hydrogen-bond acceptors (Lipinski definition) is 5. The van der Waals surface area contributed by atoms with Crippen molar-refractivity contribution in [3.8, 4) is 6.07 Å². The molecular weight excluding hydrogens is 328 g/mol. The number of ether oxygens (including phenoxy) is 1. The van der Waals surface area contributed by atoms with Crippen molar-refractivity contribution in [3.63, 3.8) is 0 Å². The molecule has 6 nitrogen and oxygen atoms in total. The number of rotatable bonds is 2. The van der Waals surface area contributed by atoms with Crippen molar-refractivity contribution in [3.05, 3.63) is 29.8 Å². The topological polar surface area (TPSA) is 87.5 Å². The van der Waals surface area contributed by atoms with E-state index in [9.17, 15) is 13.2 Å². The minimum Gasteiger partial charge on any atom is -0.444 e. The van der Waals surface area contributed by atoms with Gasteiger partial charge in [0.15, 0.2) is 9.84 Å². The summed E-state index contributed by atoms with van der Waals surface area (Å²) in [7, 11) is -3.59. The maximum absolute atomic E-state index is 12.8. The Kier molecular flexibility index (Phi) is 5.19. The molecule has 1 heterocycles. The number of benzene rings is 1. The van der Waals surface area contributed by atoms with Gasteiger partial charge in [0.2, 0.25) is 0 Å². The van der Waals surface area contributed by atoms with E-state index in [1.165, 1.54) is 17.0 Å². The van der Waals surface area contributed by atoms with E-state index in [4.69, 9.17) is 10.00 Å². The molecule has 0 N–H and O–H groups in total. The van der Waals surface area contributed by atoms with E-state index in [1.807, 2.05) is 6.07 Å². The van der Waals surface area contributed by atoms with Crippen LogP contribution in [0.1, 0.15) is 39.2 Å². The van der Waals surface area contributed by atoms with E-state index in [2.05, 4.69) is 0 Å². The van der Waals surface area contributed by atoms with Gasteiger partial charge in [0.25, 0.3) is 0 Å². The summed E-state index contributed by atoms with van der Waals surface area (Å²) in [5, 5.41) is 8.53. The van der Waals surface area contributed by atoms with Crippen LogP contribution in [0.2, 0.25) is 0 Å². The number of carbonyl (C=O) groups is 1. The fourth-order valence-electron chi connectivity index (χ4n) is 2.66. The number of sulfone groups is 1. The molecule has 1 amide bonds. The average Bonchev–Trinajstić information content (AvgIpc) is 2.53. The molecular formula is C17H22N2O4S. The van der Waals surface area contributed by atoms with Gasteiger partial charge in [-0.2, -0.15) is 5.26 Å². The lowest BCUT2D eigenvalue weighted by atomic mass is 10.1. The molecule has 0 aromatic heterocycles. The molecule has 0 spiro atoms. The Labute approximate surface area is 142 Å². The molecule has 1 aliphatic rings. The Morgan fingerprint density at radius 2 is 1.83 bits per heavy atom. The molecule has 0 aliphatic carbocycles. The first-order chi connectivity index (χ1) is 11.1. The van der Waals surface area contributed by atoms with E-state index in [0.29, 0.717) is 25.9 Å². The second-order valence-electron chi connectivity index (χ2n) is 6.82. The van der Waals surface area contributed by atoms with Crippen molar-refractivity contribution in [2.24, 2.45) is 0 Å². The van der Waals surface area contributed by atoms with Gasteiger partial charge in [0.1, 0.15) is 11.7 Å². The summed E-state index contributed by atoms with van der Waals surface area (Å²) in [5.74, 6) is 0. The zero-order valence-corrected chi connectivity index (χ0v) is 15.0. The number of likely N-dealkylation sites (tertiary alicyclic amines) is 1. The van der Waals surface area contributed by atoms with Crippen molar-refractivity contribution < 1.29 is 17.9 Å². The summed E-state index contributed by atoms with van der Waals surface area (Å²) in [6.07, 6.45) is 0.249. The molecule has 0 unspecified atom stereocenters. The summed E-state index contributed by atoms with van der Waals surface area (Å²) >= 11 is 0. The highest BCUT2D eigenvalue weighted by molar-refractivity contribution is 7.92. The molecule has 24 heavy (non-hydrogen) atoms. The van der Waals surface area contributed by atoms with Crippen molar-refractivity contribution in [1.82, 2.24) is 4.90 Å². The molecule has 1 aromatic carbocycles. The van der Waals surface area contributed by atoms with E-state index in [1.54, 1.807) is 32.9 Å². The summed E-state index contributed by atoms with van der Waals surface area (Å²) in [4.78, 5) is 13.7. The minimum absolute atomic E-state index is 0.0724. The molecule has 0 radical (unpaired) electrons. The van der Waals surface area contributed by atoms with Gasteiger partial charge in [-0.25, -0.2) is 13.2 Å². The third-order valence-corrected chi connectivity index (χ3v) is 6.16. The Balaban J connectivity index is 2.09. The van der Waals surface area contributed by atoms with Crippen LogP contribution in [0.5, 0.6) is 0 Å². The van der Waals surface area contributed by atoms with Gasteiger partial charge in [0, 0.05) is 13.1 Å². The van der Waals surface area contributed by atoms with Crippen molar-refractivity contribution in [1.29, 1.82) is 5.26 Å². The number of nitrogens with zero attached hydrogens (tertiary/aromatic N) is 2. The first-order valence-corrected chi connectivity index (χ1v) is 9.41. The normalized spacial score (nSPS) is 16.5. The number of carbonyl (C=O) groups excluding carboxylic acids is 1. The molecule has 0 bridgehead atoms. The minimum atomic E-state index is -3.59. The standard InChI is InChI=1S/C17H22N2O4S/c1-17(2,3)23-16(20)19-10-8-14(9-11-19)24(21,22)15-7-5-4-6-13(15)12-18/h4-7,14H,8-11H2,1-3H3. The second kappa shape index (κ2) is 6.81. The molecule has 2 rings (SSSR count). The van der Waals surface area contributed by atoms with Gasteiger partial charge in [-0.05, 0) is 45.7 Å². The summed E-state index contributed by atoms with van der Waals surface area (Å²) in [6.45, 7) is 6.03. The predicted molar refractivity (Wildman–Crippen MR) is 89.2 cm³/mol. The van der Waals surface area contributed by atoms with Crippen LogP contribution in [0.4, 0.5) is 4.79 Å². The van der Waals surface area contributed by atoms with E-state index < -0.39 is 26.8 Å². The smallest absolute Gasteiger partial charge is 0.410 e. The first-order valence-electron chi connectivity index (χ1n) is 7.86. The fraction of sp³-hybridized carbons (Fsp3) is 0.529. The molecule has 0 saturated carbocycles. The zero-order chi connectivity index (χ0) is 18.0. The fourth-order valence-corrected chi connectivity index (χ4v) is 4.54. The highest BCUT2D eigenvalue weighted by Crippen LogP contribution is 2.27. The van der Waals surface area contributed by atoms with Gasteiger partial charge < -0.3 is 9.64 Å². The van der Waals surface area contributed by atoms with Gasteiger partial charge in [-0.1, -0.05) is 12.1 Å². The van der Waals surface area contributed by atoms with Crippen LogP contribution in [0.15, 0.2) is 29.2 Å². The van der Waals surface area contributed by atoms with E-state index >= 15 is 0 Å². The highest BCUT2D eigenvalue weighted by Gasteiger charge is 2.35. The summed E-state index contributed by atoms with van der Waals surface area (Å²) < 4.78 is 30.9. The van der Waals surface area contributed by atoms with Crippen molar-refractivity contribution >= 4 is 15.9 Å². The average molecular weight is 350 g/mol. The van der Waals surface area contributed by atoms with E-state index in [0.717, 1.165) is 0 Å². The maximum Gasteiger partial charge on any atom is 0.410 e. The van der Waals surface area contributed by atoms with Crippen LogP contribution in [0.25, 0.3) is 0 Å². The molecule has 130 valence electrons. The van der Waals surface area contributed by atoms with Crippen molar-refractivity contribution in [2.75, 3.05) is 13.1 Å². The molecule has 1 aliphatic heterocycles. The number of nitriles is 1. The predicted octanol–water partition coefficient (Wildman–Crippen LogP) is 2.73. The monoisotopic (exact) mass is 350 g/mol. The molecule has 1 saturated heterocycles. The van der Waals surface area contributed by atoms with Crippen molar-refractivity contribution in [2.45, 2.75) is 49.4 Å². The summed E-state index contributed by atoms with van der Waals surface area (Å²) in [5.41, 5.74) is -0.418. The van der Waals surface area contributed by atoms with E-state index in [-0.39, 0.29) is 10.5 Å². The largest absolute Gasteiger partial charge is 0.444 e. The highest BCUT2D eigenvalue weighted by atomic mass is 32.2. The lowest BCUT2D eigenvalue weighted by Crippen LogP contribution is -2.44. The Hall–Kier alpha value is -2.07. The number of piperidine rings is 1. The SMILES string of the molecule is CC(C)(C)OC(=O)N1CCC(S(=O)(=O)c2ccccc2C#N)CC1. The zero-order valence-electron chi connectivity index (χ0n) is 14.2.